The lowest BCUT2D eigenvalue weighted by molar-refractivity contribution is 0.827. The van der Waals surface area contributed by atoms with Crippen molar-refractivity contribution in [3.8, 4) is 27.6 Å². The molecule has 10 heteroatoms. The van der Waals surface area contributed by atoms with Crippen molar-refractivity contribution in [2.45, 2.75) is 6.92 Å². The van der Waals surface area contributed by atoms with E-state index >= 15 is 0 Å². The van der Waals surface area contributed by atoms with Gasteiger partial charge in [-0.2, -0.15) is 4.68 Å². The summed E-state index contributed by atoms with van der Waals surface area (Å²) in [4.78, 5) is 22.0. The second kappa shape index (κ2) is 8.62. The Balaban J connectivity index is 1.41. The SMILES string of the molecule is Cc1[nH]n(-c2nc(-c3ccc(Cl)cc3)cs2)c(=O)c1N=Nc1nc(-c2ccccc2)cs1. The number of thiazole rings is 2. The number of nitrogens with zero attached hydrogens (tertiary/aromatic N) is 5. The number of aromatic amines is 1. The quantitative estimate of drug-likeness (QED) is 0.282. The predicted molar refractivity (Wildman–Crippen MR) is 129 cm³/mol. The van der Waals surface area contributed by atoms with E-state index in [-0.39, 0.29) is 11.2 Å². The van der Waals surface area contributed by atoms with Crippen molar-refractivity contribution in [1.82, 2.24) is 19.7 Å². The molecule has 0 atom stereocenters. The van der Waals surface area contributed by atoms with Gasteiger partial charge in [0.15, 0.2) is 5.69 Å². The van der Waals surface area contributed by atoms with Crippen LogP contribution < -0.4 is 5.56 Å². The summed E-state index contributed by atoms with van der Waals surface area (Å²) in [6, 6.07) is 17.2. The number of H-pyrrole nitrogens is 1. The van der Waals surface area contributed by atoms with Gasteiger partial charge in [-0.1, -0.05) is 54.1 Å². The van der Waals surface area contributed by atoms with Gasteiger partial charge in [0.1, 0.15) is 0 Å². The summed E-state index contributed by atoms with van der Waals surface area (Å²) in [5.41, 5.74) is 4.02. The summed E-state index contributed by atoms with van der Waals surface area (Å²) in [7, 11) is 0. The van der Waals surface area contributed by atoms with Crippen molar-refractivity contribution in [3.05, 3.63) is 86.4 Å². The van der Waals surface area contributed by atoms with Crippen LogP contribution in [-0.2, 0) is 0 Å². The Bertz CT molecular complexity index is 1460. The van der Waals surface area contributed by atoms with E-state index in [1.165, 1.54) is 27.4 Å². The number of aromatic nitrogens is 4. The minimum Gasteiger partial charge on any atom is -0.291 e. The third kappa shape index (κ3) is 4.05. The zero-order valence-electron chi connectivity index (χ0n) is 16.7. The number of hydrogen-bond donors (Lipinski definition) is 1. The number of azo groups is 1. The molecule has 0 bridgehead atoms. The molecule has 0 aliphatic heterocycles. The summed E-state index contributed by atoms with van der Waals surface area (Å²) < 4.78 is 1.38. The number of aryl methyl sites for hydroxylation is 1. The molecule has 32 heavy (non-hydrogen) atoms. The van der Waals surface area contributed by atoms with Crippen LogP contribution in [0.1, 0.15) is 5.69 Å². The van der Waals surface area contributed by atoms with Crippen LogP contribution in [0, 0.1) is 6.92 Å². The van der Waals surface area contributed by atoms with Crippen molar-refractivity contribution in [2.75, 3.05) is 0 Å². The Morgan fingerprint density at radius 1 is 0.906 bits per heavy atom. The Morgan fingerprint density at radius 3 is 2.38 bits per heavy atom. The van der Waals surface area contributed by atoms with Crippen molar-refractivity contribution in [2.24, 2.45) is 10.2 Å². The van der Waals surface area contributed by atoms with Crippen LogP contribution in [0.15, 0.2) is 80.4 Å². The lowest BCUT2D eigenvalue weighted by Crippen LogP contribution is -2.13. The molecule has 0 unspecified atom stereocenters. The molecule has 5 rings (SSSR count). The zero-order chi connectivity index (χ0) is 22.1. The first-order valence-electron chi connectivity index (χ1n) is 9.54. The molecule has 0 aliphatic rings. The summed E-state index contributed by atoms with van der Waals surface area (Å²) >= 11 is 8.68. The molecule has 0 fully saturated rings. The molecular formula is C22H15ClN6OS2. The van der Waals surface area contributed by atoms with Gasteiger partial charge in [-0.15, -0.1) is 32.9 Å². The molecule has 0 spiro atoms. The van der Waals surface area contributed by atoms with Crippen LogP contribution in [0.4, 0.5) is 10.8 Å². The van der Waals surface area contributed by atoms with Crippen LogP contribution in [0.25, 0.3) is 27.6 Å². The molecule has 5 aromatic rings. The van der Waals surface area contributed by atoms with Gasteiger partial charge < -0.3 is 0 Å². The molecule has 158 valence electrons. The molecule has 0 saturated heterocycles. The van der Waals surface area contributed by atoms with Gasteiger partial charge in [-0.25, -0.2) is 9.97 Å². The highest BCUT2D eigenvalue weighted by molar-refractivity contribution is 7.13. The van der Waals surface area contributed by atoms with E-state index in [0.29, 0.717) is 21.0 Å². The van der Waals surface area contributed by atoms with E-state index in [0.717, 1.165) is 22.5 Å². The largest absolute Gasteiger partial charge is 0.301 e. The van der Waals surface area contributed by atoms with Crippen molar-refractivity contribution < 1.29 is 0 Å². The van der Waals surface area contributed by atoms with Gasteiger partial charge in [0.25, 0.3) is 0 Å². The fourth-order valence-electron chi connectivity index (χ4n) is 3.05. The maximum Gasteiger partial charge on any atom is 0.301 e. The minimum atomic E-state index is -0.317. The molecule has 1 N–H and O–H groups in total. The summed E-state index contributed by atoms with van der Waals surface area (Å²) in [5.74, 6) is 0. The average molecular weight is 479 g/mol. The van der Waals surface area contributed by atoms with Gasteiger partial charge >= 0.3 is 5.56 Å². The van der Waals surface area contributed by atoms with E-state index in [1.54, 1.807) is 19.1 Å². The maximum atomic E-state index is 12.9. The molecule has 3 heterocycles. The third-order valence-corrected chi connectivity index (χ3v) is 6.46. The number of halogens is 1. The zero-order valence-corrected chi connectivity index (χ0v) is 19.1. The summed E-state index contributed by atoms with van der Waals surface area (Å²) in [5, 5.41) is 16.9. The van der Waals surface area contributed by atoms with Gasteiger partial charge in [0.2, 0.25) is 10.3 Å². The predicted octanol–water partition coefficient (Wildman–Crippen LogP) is 6.79. The van der Waals surface area contributed by atoms with Gasteiger partial charge in [-0.3, -0.25) is 9.89 Å². The number of rotatable bonds is 5. The molecule has 0 amide bonds. The maximum absolute atomic E-state index is 12.9. The molecule has 3 aromatic heterocycles. The molecule has 2 aromatic carbocycles. The van der Waals surface area contributed by atoms with E-state index in [1.807, 2.05) is 53.2 Å². The molecule has 0 saturated carbocycles. The van der Waals surface area contributed by atoms with E-state index in [2.05, 4.69) is 25.3 Å². The van der Waals surface area contributed by atoms with Gasteiger partial charge in [0.05, 0.1) is 17.1 Å². The highest BCUT2D eigenvalue weighted by Crippen LogP contribution is 2.29. The fourth-order valence-corrected chi connectivity index (χ4v) is 4.62. The second-order valence-corrected chi connectivity index (χ2v) is 8.94. The first-order chi connectivity index (χ1) is 15.6. The lowest BCUT2D eigenvalue weighted by atomic mass is 10.2. The third-order valence-electron chi connectivity index (χ3n) is 4.66. The van der Waals surface area contributed by atoms with Crippen molar-refractivity contribution in [3.63, 3.8) is 0 Å². The van der Waals surface area contributed by atoms with Crippen molar-refractivity contribution in [1.29, 1.82) is 0 Å². The molecular weight excluding hydrogens is 464 g/mol. The molecule has 0 radical (unpaired) electrons. The Kier molecular flexibility index (Phi) is 5.52. The monoisotopic (exact) mass is 478 g/mol. The van der Waals surface area contributed by atoms with Crippen LogP contribution in [0.3, 0.4) is 0 Å². The second-order valence-electron chi connectivity index (χ2n) is 6.83. The standard InChI is InChI=1S/C22H15ClN6OS2/c1-13-19(26-27-21-24-17(11-31-21)14-5-3-2-4-6-14)20(30)29(28-13)22-25-18(12-32-22)15-7-9-16(23)10-8-15/h2-12,28H,1H3. The normalized spacial score (nSPS) is 11.4. The number of benzene rings is 2. The summed E-state index contributed by atoms with van der Waals surface area (Å²) in [6.45, 7) is 1.78. The highest BCUT2D eigenvalue weighted by atomic mass is 35.5. The first kappa shape index (κ1) is 20.5. The van der Waals surface area contributed by atoms with Gasteiger partial charge in [0, 0.05) is 26.9 Å². The van der Waals surface area contributed by atoms with Crippen LogP contribution in [0.5, 0.6) is 0 Å². The number of hydrogen-bond acceptors (Lipinski definition) is 7. The lowest BCUT2D eigenvalue weighted by Gasteiger charge is -1.97. The minimum absolute atomic E-state index is 0.227. The fraction of sp³-hybridized carbons (Fsp3) is 0.0455. The van der Waals surface area contributed by atoms with E-state index in [9.17, 15) is 4.79 Å². The highest BCUT2D eigenvalue weighted by Gasteiger charge is 2.15. The Morgan fingerprint density at radius 2 is 1.59 bits per heavy atom. The first-order valence-corrected chi connectivity index (χ1v) is 11.7. The van der Waals surface area contributed by atoms with Crippen LogP contribution in [0.2, 0.25) is 5.02 Å². The van der Waals surface area contributed by atoms with Crippen molar-refractivity contribution >= 4 is 45.1 Å². The van der Waals surface area contributed by atoms with Crippen LogP contribution >= 0.6 is 34.3 Å². The number of nitrogens with one attached hydrogen (secondary N) is 1. The average Bonchev–Trinajstić information content (AvgIpc) is 3.54. The Hall–Kier alpha value is -3.40. The topological polar surface area (TPSA) is 88.3 Å². The van der Waals surface area contributed by atoms with E-state index in [4.69, 9.17) is 11.6 Å². The Labute approximate surface area is 195 Å². The van der Waals surface area contributed by atoms with Gasteiger partial charge in [-0.05, 0) is 19.1 Å². The molecule has 7 nitrogen and oxygen atoms in total. The van der Waals surface area contributed by atoms with E-state index < -0.39 is 0 Å². The molecule has 0 aliphatic carbocycles. The van der Waals surface area contributed by atoms with Crippen LogP contribution in [-0.4, -0.2) is 19.7 Å². The summed E-state index contributed by atoms with van der Waals surface area (Å²) in [6.07, 6.45) is 0. The smallest absolute Gasteiger partial charge is 0.291 e.